The molecule has 0 aromatic heterocycles. The van der Waals surface area contributed by atoms with Gasteiger partial charge in [-0.15, -0.1) is 24.0 Å². The van der Waals surface area contributed by atoms with Crippen LogP contribution in [0.25, 0.3) is 0 Å². The fourth-order valence-electron chi connectivity index (χ4n) is 2.04. The van der Waals surface area contributed by atoms with Crippen LogP contribution in [-0.4, -0.2) is 44.5 Å². The zero-order chi connectivity index (χ0) is 15.9. The molecule has 0 heterocycles. The third kappa shape index (κ3) is 6.21. The minimum absolute atomic E-state index is 0. The summed E-state index contributed by atoms with van der Waals surface area (Å²) in [5.74, 6) is 0.784. The fraction of sp³-hybridized carbons (Fsp3) is 0.500. The van der Waals surface area contributed by atoms with E-state index in [-0.39, 0.29) is 29.9 Å². The Bertz CT molecular complexity index is 488. The molecule has 0 atom stereocenters. The van der Waals surface area contributed by atoms with E-state index in [1.807, 2.05) is 44.0 Å². The molecule has 0 aliphatic rings. The van der Waals surface area contributed by atoms with Gasteiger partial charge in [-0.1, -0.05) is 30.3 Å². The molecule has 6 heteroatoms. The zero-order valence-corrected chi connectivity index (χ0v) is 16.3. The lowest BCUT2D eigenvalue weighted by atomic mass is 9.92. The Kier molecular flexibility index (Phi) is 9.08. The lowest BCUT2D eigenvalue weighted by Crippen LogP contribution is -2.47. The highest BCUT2D eigenvalue weighted by molar-refractivity contribution is 14.0. The van der Waals surface area contributed by atoms with Crippen LogP contribution < -0.4 is 10.6 Å². The quantitative estimate of drug-likeness (QED) is 0.438. The van der Waals surface area contributed by atoms with Crippen molar-refractivity contribution in [2.45, 2.75) is 20.4 Å². The van der Waals surface area contributed by atoms with E-state index in [1.54, 1.807) is 14.1 Å². The van der Waals surface area contributed by atoms with E-state index in [9.17, 15) is 4.79 Å². The highest BCUT2D eigenvalue weighted by Crippen LogP contribution is 2.13. The number of aliphatic imine (C=N–C) groups is 1. The molecule has 1 aromatic carbocycles. The number of benzene rings is 1. The largest absolute Gasteiger partial charge is 0.359 e. The Morgan fingerprint density at radius 3 is 2.36 bits per heavy atom. The molecule has 0 saturated carbocycles. The first-order valence-electron chi connectivity index (χ1n) is 7.08. The van der Waals surface area contributed by atoms with Gasteiger partial charge in [-0.2, -0.15) is 0 Å². The number of carbonyl (C=O) groups excluding carboxylic acids is 1. The van der Waals surface area contributed by atoms with Crippen molar-refractivity contribution in [1.29, 1.82) is 0 Å². The van der Waals surface area contributed by atoms with E-state index in [0.29, 0.717) is 6.54 Å². The van der Waals surface area contributed by atoms with Gasteiger partial charge >= 0.3 is 0 Å². The molecule has 5 nitrogen and oxygen atoms in total. The van der Waals surface area contributed by atoms with E-state index in [1.165, 1.54) is 5.56 Å². The molecule has 1 amide bonds. The predicted molar refractivity (Wildman–Crippen MR) is 103 cm³/mol. The number of amides is 1. The molecule has 0 aliphatic carbocycles. The van der Waals surface area contributed by atoms with Gasteiger partial charge in [-0.3, -0.25) is 9.79 Å². The molecule has 0 fully saturated rings. The molecule has 2 N–H and O–H groups in total. The molecule has 1 rings (SSSR count). The van der Waals surface area contributed by atoms with E-state index in [4.69, 9.17) is 0 Å². The molecule has 0 aliphatic heterocycles. The summed E-state index contributed by atoms with van der Waals surface area (Å²) in [4.78, 5) is 18.1. The van der Waals surface area contributed by atoms with Crippen LogP contribution in [0.3, 0.4) is 0 Å². The minimum Gasteiger partial charge on any atom is -0.359 e. The summed E-state index contributed by atoms with van der Waals surface area (Å²) in [6, 6.07) is 10.2. The van der Waals surface area contributed by atoms with Crippen LogP contribution in [-0.2, 0) is 11.3 Å². The topological polar surface area (TPSA) is 56.7 Å². The second-order valence-corrected chi connectivity index (χ2v) is 5.71. The molecule has 0 unspecified atom stereocenters. The summed E-state index contributed by atoms with van der Waals surface area (Å²) in [6.07, 6.45) is 0. The van der Waals surface area contributed by atoms with Crippen molar-refractivity contribution in [2.75, 3.05) is 27.7 Å². The van der Waals surface area contributed by atoms with E-state index < -0.39 is 5.41 Å². The number of rotatable bonds is 5. The minimum atomic E-state index is -0.488. The molecule has 0 spiro atoms. The van der Waals surface area contributed by atoms with E-state index in [0.717, 1.165) is 12.5 Å². The third-order valence-corrected chi connectivity index (χ3v) is 3.37. The van der Waals surface area contributed by atoms with E-state index in [2.05, 4.69) is 27.8 Å². The molecule has 0 bridgehead atoms. The monoisotopic (exact) mass is 418 g/mol. The molecular weight excluding hydrogens is 391 g/mol. The highest BCUT2D eigenvalue weighted by Gasteiger charge is 2.27. The van der Waals surface area contributed by atoms with Crippen LogP contribution in [0.15, 0.2) is 35.3 Å². The van der Waals surface area contributed by atoms with Crippen LogP contribution >= 0.6 is 24.0 Å². The molecule has 0 radical (unpaired) electrons. The smallest absolute Gasteiger partial charge is 0.227 e. The number of hydrogen-bond acceptors (Lipinski definition) is 2. The summed E-state index contributed by atoms with van der Waals surface area (Å²) in [7, 11) is 5.38. The second kappa shape index (κ2) is 9.66. The summed E-state index contributed by atoms with van der Waals surface area (Å²) in [6.45, 7) is 5.10. The molecule has 1 aromatic rings. The van der Waals surface area contributed by atoms with Gasteiger partial charge < -0.3 is 15.5 Å². The number of nitrogens with one attached hydrogen (secondary N) is 2. The molecule has 22 heavy (non-hydrogen) atoms. The lowest BCUT2D eigenvalue weighted by molar-refractivity contribution is -0.128. The van der Waals surface area contributed by atoms with Crippen LogP contribution in [0.4, 0.5) is 0 Å². The summed E-state index contributed by atoms with van der Waals surface area (Å²) in [5.41, 5.74) is 0.728. The van der Waals surface area contributed by atoms with E-state index >= 15 is 0 Å². The summed E-state index contributed by atoms with van der Waals surface area (Å²) in [5, 5.41) is 5.94. The standard InChI is InChI=1S/C16H26N4O.HI/c1-16(2,14(21)17-3)12-19-15(18-4)20(5)11-13-9-7-6-8-10-13;/h6-10H,11-12H2,1-5H3,(H,17,21)(H,18,19);1H. The van der Waals surface area contributed by atoms with Crippen LogP contribution in [0.1, 0.15) is 19.4 Å². The molecule has 0 saturated heterocycles. The summed E-state index contributed by atoms with van der Waals surface area (Å²) >= 11 is 0. The van der Waals surface area contributed by atoms with Crippen molar-refractivity contribution >= 4 is 35.8 Å². The van der Waals surface area contributed by atoms with Gasteiger partial charge in [0.05, 0.1) is 5.41 Å². The summed E-state index contributed by atoms with van der Waals surface area (Å²) < 4.78 is 0. The number of halogens is 1. The predicted octanol–water partition coefficient (Wildman–Crippen LogP) is 2.08. The Labute approximate surface area is 150 Å². The van der Waals surface area contributed by atoms with Crippen LogP contribution in [0.5, 0.6) is 0 Å². The number of nitrogens with zero attached hydrogens (tertiary/aromatic N) is 2. The van der Waals surface area contributed by atoms with Crippen molar-refractivity contribution in [2.24, 2.45) is 10.4 Å². The first-order valence-corrected chi connectivity index (χ1v) is 7.08. The zero-order valence-electron chi connectivity index (χ0n) is 14.0. The van der Waals surface area contributed by atoms with Gasteiger partial charge in [-0.25, -0.2) is 0 Å². The number of carbonyl (C=O) groups is 1. The van der Waals surface area contributed by atoms with Crippen molar-refractivity contribution in [1.82, 2.24) is 15.5 Å². The van der Waals surface area contributed by atoms with Crippen molar-refractivity contribution in [3.8, 4) is 0 Å². The van der Waals surface area contributed by atoms with Crippen molar-refractivity contribution in [3.05, 3.63) is 35.9 Å². The SMILES string of the molecule is CN=C(NCC(C)(C)C(=O)NC)N(C)Cc1ccccc1.I. The lowest BCUT2D eigenvalue weighted by Gasteiger charge is -2.27. The van der Waals surface area contributed by atoms with Gasteiger partial charge in [-0.05, 0) is 19.4 Å². The Morgan fingerprint density at radius 2 is 1.86 bits per heavy atom. The van der Waals surface area contributed by atoms with Gasteiger partial charge in [0.15, 0.2) is 5.96 Å². The van der Waals surface area contributed by atoms with Crippen molar-refractivity contribution in [3.63, 3.8) is 0 Å². The normalized spacial score (nSPS) is 11.4. The highest BCUT2D eigenvalue weighted by atomic mass is 127. The van der Waals surface area contributed by atoms with Crippen LogP contribution in [0, 0.1) is 5.41 Å². The maximum absolute atomic E-state index is 11.8. The first kappa shape index (κ1) is 20.7. The average molecular weight is 418 g/mol. The first-order chi connectivity index (χ1) is 9.90. The number of guanidine groups is 1. The fourth-order valence-corrected chi connectivity index (χ4v) is 2.04. The number of hydrogen-bond donors (Lipinski definition) is 2. The Hall–Kier alpha value is -1.31. The van der Waals surface area contributed by atoms with Gasteiger partial charge in [0.25, 0.3) is 0 Å². The maximum atomic E-state index is 11.8. The molecular formula is C16H27IN4O. The van der Waals surface area contributed by atoms with Crippen LogP contribution in [0.2, 0.25) is 0 Å². The Morgan fingerprint density at radius 1 is 1.27 bits per heavy atom. The molecule has 124 valence electrons. The maximum Gasteiger partial charge on any atom is 0.227 e. The second-order valence-electron chi connectivity index (χ2n) is 5.71. The van der Waals surface area contributed by atoms with Gasteiger partial charge in [0.1, 0.15) is 0 Å². The average Bonchev–Trinajstić information content (AvgIpc) is 2.47. The van der Waals surface area contributed by atoms with Crippen molar-refractivity contribution < 1.29 is 4.79 Å². The van der Waals surface area contributed by atoms with Gasteiger partial charge in [0.2, 0.25) is 5.91 Å². The third-order valence-electron chi connectivity index (χ3n) is 3.37. The van der Waals surface area contributed by atoms with Gasteiger partial charge in [0, 0.05) is 34.2 Å². The Balaban J connectivity index is 0.00000441.